The Morgan fingerprint density at radius 3 is 1.20 bits per heavy atom. The van der Waals surface area contributed by atoms with Gasteiger partial charge in [-0.3, -0.25) is 68.1 Å². The number of carbonyl (C=O) groups is 9. The molecule has 16 aromatic heterocycles. The minimum atomic E-state index is -1.14. The molecule has 14 N–H and O–H groups in total. The molecule has 147 heavy (non-hydrogen) atoms. The van der Waals surface area contributed by atoms with Crippen molar-refractivity contribution in [3.63, 3.8) is 0 Å². The summed E-state index contributed by atoms with van der Waals surface area (Å²) < 4.78 is 5.21. The number of Topliss-reactive ketones (excluding diaryl/α,β-unsaturated/α-hetero) is 1. The van der Waals surface area contributed by atoms with Crippen molar-refractivity contribution in [2.24, 2.45) is 17.8 Å². The Morgan fingerprint density at radius 2 is 0.844 bits per heavy atom. The number of nitrogens with zero attached hydrogens (tertiary/aromatic N) is 18. The van der Waals surface area contributed by atoms with Crippen LogP contribution in [0.3, 0.4) is 0 Å². The van der Waals surface area contributed by atoms with Crippen LogP contribution >= 0.6 is 70.4 Å². The largest absolute Gasteiger partial charge is 0.495 e. The molecule has 0 aliphatic heterocycles. The van der Waals surface area contributed by atoms with Crippen molar-refractivity contribution >= 4 is 216 Å². The SMILES string of the molecule is CCc1[nH]c2nc(Sc3cccnc3)nc(NC34CC5CC(C3)C(=O)C(C5)C4)c2c1C=O.CCc1[nH]c2nc(Sc3cccnc3)nc(NCC(=O)NCC(=O)O)c2c1C=O.CCc1[nH]c2nc(Sc3cccnc3)nc(NCCCCCC(=O)O)c2c1C=O.CCc1[nH]c2nc(Sc3cccnc3)nc(NCc3ccc(OC)c(Cl)c3)c2c1C=O.CCc1[nH]c2nc(Sc3cccnc3)nc(Nc3nn[nH]n3)c2c1C=O. The van der Waals surface area contributed by atoms with Gasteiger partial charge in [0.1, 0.15) is 75.4 Å². The Balaban J connectivity index is 0.000000131. The van der Waals surface area contributed by atoms with Crippen LogP contribution < -0.4 is 36.6 Å². The number of carboxylic acids is 2. The number of rotatable bonds is 40. The maximum absolute atomic E-state index is 12.7. The number of fused-ring (bicyclic) bond motifs is 5. The van der Waals surface area contributed by atoms with Crippen molar-refractivity contribution in [1.82, 2.24) is 126 Å². The average Bonchev–Trinajstić information content (AvgIpc) is 1.67. The maximum atomic E-state index is 12.7. The fraction of sp³-hybridized carbons (Fsp3) is 0.283. The molecule has 0 radical (unpaired) electrons. The lowest BCUT2D eigenvalue weighted by Gasteiger charge is -2.56. The first-order chi connectivity index (χ1) is 71.6. The number of ketones is 1. The third-order valence-corrected chi connectivity index (χ3v) is 28.7. The molecule has 48 heteroatoms. The monoisotopic (exact) mass is 2090 g/mol. The van der Waals surface area contributed by atoms with E-state index in [4.69, 9.17) is 41.5 Å². The Kier molecular flexibility index (Phi) is 35.0. The second-order valence-corrected chi connectivity index (χ2v) is 39.4. The Morgan fingerprint density at radius 1 is 0.463 bits per heavy atom. The number of nitrogens with one attached hydrogen (secondary N) is 12. The zero-order chi connectivity index (χ0) is 103. The van der Waals surface area contributed by atoms with Gasteiger partial charge in [-0.15, -0.1) is 5.10 Å². The number of tetrazole rings is 1. The number of pyridine rings is 5. The third kappa shape index (κ3) is 25.5. The molecule has 2 unspecified atom stereocenters. The van der Waals surface area contributed by atoms with Gasteiger partial charge in [-0.05, 0) is 225 Å². The second-order valence-electron chi connectivity index (χ2n) is 33.8. The van der Waals surface area contributed by atoms with E-state index in [2.05, 4.69) is 137 Å². The number of methoxy groups -OCH3 is 1. The van der Waals surface area contributed by atoms with E-state index in [1.807, 2.05) is 107 Å². The number of aromatic nitrogens is 24. The summed E-state index contributed by atoms with van der Waals surface area (Å²) >= 11 is 13.2. The van der Waals surface area contributed by atoms with Crippen LogP contribution in [0, 0.1) is 17.8 Å². The van der Waals surface area contributed by atoms with Gasteiger partial charge < -0.3 is 71.8 Å². The van der Waals surface area contributed by atoms with Crippen LogP contribution in [0.1, 0.15) is 178 Å². The van der Waals surface area contributed by atoms with E-state index >= 15 is 0 Å². The smallest absolute Gasteiger partial charge is 0.322 e. The van der Waals surface area contributed by atoms with E-state index in [1.54, 1.807) is 75.1 Å². The molecule has 21 rings (SSSR count). The fourth-order valence-corrected chi connectivity index (χ4v) is 21.8. The summed E-state index contributed by atoms with van der Waals surface area (Å²) in [6, 6.07) is 24.5. The summed E-state index contributed by atoms with van der Waals surface area (Å²) in [4.78, 5) is 192. The molecule has 4 saturated carbocycles. The summed E-state index contributed by atoms with van der Waals surface area (Å²) in [6.07, 6.45) is 32.0. The van der Waals surface area contributed by atoms with Crippen LogP contribution in [0.15, 0.2) is 191 Å². The number of carboxylic acid groups (broad SMARTS) is 2. The molecule has 4 aliphatic carbocycles. The van der Waals surface area contributed by atoms with E-state index in [0.29, 0.717) is 212 Å². The summed E-state index contributed by atoms with van der Waals surface area (Å²) in [6.45, 7) is 10.3. The molecule has 4 bridgehead atoms. The third-order valence-electron chi connectivity index (χ3n) is 24.2. The van der Waals surface area contributed by atoms with Crippen LogP contribution in [0.25, 0.3) is 55.2 Å². The van der Waals surface area contributed by atoms with Gasteiger partial charge in [-0.25, -0.2) is 49.8 Å². The highest BCUT2D eigenvalue weighted by molar-refractivity contribution is 8.00. The number of hydrogen-bond acceptors (Lipinski definition) is 38. The van der Waals surface area contributed by atoms with Gasteiger partial charge in [-0.1, -0.05) is 63.8 Å². The number of H-pyrrole nitrogens is 6. The maximum Gasteiger partial charge on any atom is 0.322 e. The molecular formula is C99H99ClN30O12S5. The predicted molar refractivity (Wildman–Crippen MR) is 557 cm³/mol. The van der Waals surface area contributed by atoms with Crippen molar-refractivity contribution in [3.05, 3.63) is 208 Å². The van der Waals surface area contributed by atoms with Crippen LogP contribution in [0.2, 0.25) is 5.02 Å². The molecular weight excluding hydrogens is 2000 g/mol. The van der Waals surface area contributed by atoms with Gasteiger partial charge >= 0.3 is 11.9 Å². The highest BCUT2D eigenvalue weighted by atomic mass is 35.5. The second kappa shape index (κ2) is 49.3. The van der Waals surface area contributed by atoms with E-state index < -0.39 is 24.4 Å². The van der Waals surface area contributed by atoms with Gasteiger partial charge in [0.2, 0.25) is 5.91 Å². The van der Waals surface area contributed by atoms with Crippen molar-refractivity contribution in [1.29, 1.82) is 0 Å². The lowest BCUT2D eigenvalue weighted by molar-refractivity contribution is -0.140. The number of benzene rings is 1. The number of aryl methyl sites for hydroxylation is 5. The molecule has 1 aromatic carbocycles. The summed E-state index contributed by atoms with van der Waals surface area (Å²) in [5.41, 5.74) is 10.5. The summed E-state index contributed by atoms with van der Waals surface area (Å²) in [5, 5.41) is 56.0. The average molecular weight is 2100 g/mol. The van der Waals surface area contributed by atoms with E-state index in [9.17, 15) is 43.2 Å². The van der Waals surface area contributed by atoms with Crippen LogP contribution in [-0.4, -0.2) is 218 Å². The van der Waals surface area contributed by atoms with Crippen molar-refractivity contribution in [2.75, 3.05) is 53.3 Å². The summed E-state index contributed by atoms with van der Waals surface area (Å²) in [7, 11) is 1.58. The quantitative estimate of drug-likeness (QED) is 0.00963. The summed E-state index contributed by atoms with van der Waals surface area (Å²) in [5.74, 6) is 2.46. The molecule has 17 aromatic rings. The molecule has 16 heterocycles. The highest BCUT2D eigenvalue weighted by Crippen LogP contribution is 2.56. The molecule has 2 atom stereocenters. The standard InChI is InChI=1S/C24H25N5O2S.C22H20ClN5O2S.C20H23N5O3S.C18H18N6O4S.C15H13N9OS/c1-2-18-17(12-30)19-21(26-18)27-23(32-16-4-3-5-25-11-16)28-22(19)29-24-8-13-6-14(9-24)20(31)15(7-13)10-24;1-3-17-15(12-29)19-20(25-10-13-6-7-18(30-2)16(23)9-13)27-22(28-21(19)26-17)31-14-5-4-8-24-11-14;1-2-15-14(12-26)17-18(22-10-5-3-4-8-16(27)28)24-20(25-19(17)23-15)29-13-7-6-9-21-11-13;1-2-12-11(9-25)15-16(21-7-13(26)20-8-14(27)28)23-18(24-17(15)22-12)29-10-4-3-5-19-6-10;1-2-10-9(7-25)11-12(17-10)19-15(26-8-4-3-5-16-6-8)20-13(11)18-14-21-23-24-22-14/h3-5,11-15H,2,6-10H2,1H3,(H2,26,27,28,29);4-9,11-12H,3,10H2,1-2H3,(H2,25,26,27,28);6-7,9,11-12H,2-5,8,10H2,1H3,(H,27,28)(H2,22,23,24,25);3-6,9H,2,7-8H2,1H3,(H,20,26)(H,27,28)(H2,21,22,23,24);3-7H,2H2,1H3,(H3,17,18,19,20,21,22,23,24). The number of unbranched alkanes of at least 4 members (excludes halogenated alkanes) is 2. The van der Waals surface area contributed by atoms with Gasteiger partial charge in [0.15, 0.2) is 57.2 Å². The molecule has 0 saturated heterocycles. The van der Waals surface area contributed by atoms with Gasteiger partial charge in [0, 0.05) is 180 Å². The Labute approximate surface area is 864 Å². The van der Waals surface area contributed by atoms with E-state index in [0.717, 1.165) is 135 Å². The molecule has 0 spiro atoms. The van der Waals surface area contributed by atoms with Gasteiger partial charge in [0.25, 0.3) is 5.95 Å². The molecule has 754 valence electrons. The predicted octanol–water partition coefficient (Wildman–Crippen LogP) is 17.2. The van der Waals surface area contributed by atoms with Crippen LogP contribution in [0.5, 0.6) is 5.75 Å². The van der Waals surface area contributed by atoms with E-state index in [-0.39, 0.29) is 36.3 Å². The molecule has 1 amide bonds. The lowest BCUT2D eigenvalue weighted by atomic mass is 9.52. The molecule has 4 fully saturated rings. The van der Waals surface area contributed by atoms with Crippen molar-refractivity contribution in [3.8, 4) is 5.75 Å². The first kappa shape index (κ1) is 104. The number of carbonyl (C=O) groups excluding carboxylic acids is 7. The normalized spacial score (nSPS) is 14.7. The highest BCUT2D eigenvalue weighted by Gasteiger charge is 2.55. The van der Waals surface area contributed by atoms with Gasteiger partial charge in [0.05, 0.1) is 45.6 Å². The minimum absolute atomic E-state index is 0.133. The Hall–Kier alpha value is -15.6. The zero-order valence-corrected chi connectivity index (χ0v) is 84.9. The fourth-order valence-electron chi connectivity index (χ4n) is 17.8. The van der Waals surface area contributed by atoms with Crippen LogP contribution in [0.4, 0.5) is 35.0 Å². The first-order valence-corrected chi connectivity index (χ1v) is 51.4. The number of aldehydes is 5. The number of ether oxygens (including phenoxy) is 1. The first-order valence-electron chi connectivity index (χ1n) is 47.0. The van der Waals surface area contributed by atoms with E-state index in [1.165, 1.54) is 58.8 Å². The number of halogens is 1. The minimum Gasteiger partial charge on any atom is -0.495 e. The zero-order valence-electron chi connectivity index (χ0n) is 80.1. The number of hydrogen-bond donors (Lipinski definition) is 14. The van der Waals surface area contributed by atoms with Gasteiger partial charge in [-0.2, -0.15) is 5.21 Å². The van der Waals surface area contributed by atoms with Crippen molar-refractivity contribution in [2.45, 2.75) is 187 Å². The van der Waals surface area contributed by atoms with Crippen LogP contribution in [-0.2, 0) is 57.8 Å². The lowest BCUT2D eigenvalue weighted by Crippen LogP contribution is -2.58. The topological polar surface area (TPSA) is 602 Å². The number of amides is 1. The number of aliphatic carboxylic acids is 2. The van der Waals surface area contributed by atoms with Crippen molar-refractivity contribution < 1.29 is 58.1 Å². The Bertz CT molecular complexity index is 7590. The number of aromatic amines is 6. The molecule has 4 aliphatic rings. The number of anilines is 6. The molecule has 42 nitrogen and oxygen atoms in total.